The average Bonchev–Trinajstić information content (AvgIpc) is 2.95. The summed E-state index contributed by atoms with van der Waals surface area (Å²) in [6, 6.07) is 17.4. The number of carbonyl (C=O) groups excluding carboxylic acids is 1. The zero-order valence-electron chi connectivity index (χ0n) is 15.3. The maximum Gasteiger partial charge on any atom is 0.237 e. The Morgan fingerprint density at radius 2 is 1.78 bits per heavy atom. The van der Waals surface area contributed by atoms with E-state index in [1.54, 1.807) is 0 Å². The summed E-state index contributed by atoms with van der Waals surface area (Å²) >= 11 is 0. The SMILES string of the molecule is Cl.Cl.Cn1c(CCCNC(=O)C(N)Cc2ccccc2)nc2ccccc21. The van der Waals surface area contributed by atoms with Gasteiger partial charge in [-0.2, -0.15) is 0 Å². The van der Waals surface area contributed by atoms with Crippen LogP contribution in [0, 0.1) is 0 Å². The Hall–Kier alpha value is -2.08. The first kappa shape index (κ1) is 23.0. The summed E-state index contributed by atoms with van der Waals surface area (Å²) in [5, 5.41) is 2.93. The second kappa shape index (κ2) is 10.9. The van der Waals surface area contributed by atoms with Crippen molar-refractivity contribution >= 4 is 41.8 Å². The summed E-state index contributed by atoms with van der Waals surface area (Å²) in [4.78, 5) is 16.8. The quantitative estimate of drug-likeness (QED) is 0.590. The van der Waals surface area contributed by atoms with Crippen LogP contribution in [0.4, 0.5) is 0 Å². The first-order valence-electron chi connectivity index (χ1n) is 8.62. The van der Waals surface area contributed by atoms with Gasteiger partial charge in [-0.3, -0.25) is 4.79 Å². The van der Waals surface area contributed by atoms with E-state index in [0.29, 0.717) is 13.0 Å². The molecule has 146 valence electrons. The van der Waals surface area contributed by atoms with Crippen molar-refractivity contribution in [2.45, 2.75) is 25.3 Å². The van der Waals surface area contributed by atoms with Gasteiger partial charge in [0.05, 0.1) is 17.1 Å². The number of para-hydroxylation sites is 2. The molecule has 0 bridgehead atoms. The van der Waals surface area contributed by atoms with Gasteiger partial charge < -0.3 is 15.6 Å². The third-order valence-corrected chi connectivity index (χ3v) is 4.39. The molecule has 1 unspecified atom stereocenters. The summed E-state index contributed by atoms with van der Waals surface area (Å²) < 4.78 is 2.11. The number of amides is 1. The largest absolute Gasteiger partial charge is 0.355 e. The number of aryl methyl sites for hydroxylation is 2. The number of benzene rings is 2. The van der Waals surface area contributed by atoms with Gasteiger partial charge in [-0.15, -0.1) is 24.8 Å². The fraction of sp³-hybridized carbons (Fsp3) is 0.300. The lowest BCUT2D eigenvalue weighted by molar-refractivity contribution is -0.122. The smallest absolute Gasteiger partial charge is 0.237 e. The third-order valence-electron chi connectivity index (χ3n) is 4.39. The number of fused-ring (bicyclic) bond motifs is 1. The van der Waals surface area contributed by atoms with Gasteiger partial charge in [0.15, 0.2) is 0 Å². The van der Waals surface area contributed by atoms with E-state index in [4.69, 9.17) is 5.73 Å². The van der Waals surface area contributed by atoms with E-state index in [1.807, 2.05) is 55.6 Å². The molecule has 0 aliphatic heterocycles. The summed E-state index contributed by atoms with van der Waals surface area (Å²) in [6.07, 6.45) is 2.21. The van der Waals surface area contributed by atoms with E-state index in [1.165, 1.54) is 0 Å². The number of hydrogen-bond acceptors (Lipinski definition) is 3. The maximum absolute atomic E-state index is 12.1. The van der Waals surface area contributed by atoms with Crippen LogP contribution in [0.25, 0.3) is 11.0 Å². The number of rotatable bonds is 7. The summed E-state index contributed by atoms with van der Waals surface area (Å²) in [5.41, 5.74) is 9.20. The zero-order chi connectivity index (χ0) is 17.6. The third kappa shape index (κ3) is 5.96. The predicted molar refractivity (Wildman–Crippen MR) is 115 cm³/mol. The monoisotopic (exact) mass is 408 g/mol. The molecule has 2 aromatic carbocycles. The van der Waals surface area contributed by atoms with Crippen molar-refractivity contribution in [3.05, 3.63) is 66.0 Å². The number of halogens is 2. The van der Waals surface area contributed by atoms with Crippen molar-refractivity contribution < 1.29 is 4.79 Å². The van der Waals surface area contributed by atoms with Gasteiger partial charge >= 0.3 is 0 Å². The molecular weight excluding hydrogens is 383 g/mol. The second-order valence-electron chi connectivity index (χ2n) is 6.27. The van der Waals surface area contributed by atoms with Crippen LogP contribution < -0.4 is 11.1 Å². The van der Waals surface area contributed by atoms with Crippen LogP contribution in [0.1, 0.15) is 17.8 Å². The minimum Gasteiger partial charge on any atom is -0.355 e. The lowest BCUT2D eigenvalue weighted by atomic mass is 10.1. The van der Waals surface area contributed by atoms with Gasteiger partial charge in [-0.05, 0) is 30.5 Å². The molecule has 1 atom stereocenters. The van der Waals surface area contributed by atoms with Gasteiger partial charge in [0.1, 0.15) is 5.82 Å². The fourth-order valence-electron chi connectivity index (χ4n) is 2.97. The number of hydrogen-bond donors (Lipinski definition) is 2. The molecule has 3 aromatic rings. The maximum atomic E-state index is 12.1. The molecule has 27 heavy (non-hydrogen) atoms. The van der Waals surface area contributed by atoms with E-state index < -0.39 is 6.04 Å². The molecule has 0 spiro atoms. The highest BCUT2D eigenvalue weighted by molar-refractivity contribution is 5.85. The van der Waals surface area contributed by atoms with Gasteiger partial charge in [0.2, 0.25) is 5.91 Å². The first-order chi connectivity index (χ1) is 12.1. The van der Waals surface area contributed by atoms with Gasteiger partial charge in [0, 0.05) is 20.0 Å². The van der Waals surface area contributed by atoms with E-state index in [2.05, 4.69) is 20.9 Å². The van der Waals surface area contributed by atoms with Gasteiger partial charge in [-0.25, -0.2) is 4.98 Å². The van der Waals surface area contributed by atoms with Crippen molar-refractivity contribution in [2.75, 3.05) is 6.54 Å². The molecule has 5 nitrogen and oxygen atoms in total. The number of aromatic nitrogens is 2. The topological polar surface area (TPSA) is 72.9 Å². The van der Waals surface area contributed by atoms with Crippen LogP contribution >= 0.6 is 24.8 Å². The molecule has 0 fully saturated rings. The van der Waals surface area contributed by atoms with Crippen LogP contribution in [-0.4, -0.2) is 28.0 Å². The van der Waals surface area contributed by atoms with E-state index in [0.717, 1.165) is 35.3 Å². The molecule has 1 heterocycles. The number of carbonyl (C=O) groups is 1. The highest BCUT2D eigenvalue weighted by atomic mass is 35.5. The minimum atomic E-state index is -0.516. The van der Waals surface area contributed by atoms with Crippen molar-refractivity contribution in [1.29, 1.82) is 0 Å². The first-order valence-corrected chi connectivity index (χ1v) is 8.62. The number of nitrogens with one attached hydrogen (secondary N) is 1. The van der Waals surface area contributed by atoms with E-state index in [9.17, 15) is 4.79 Å². The van der Waals surface area contributed by atoms with E-state index >= 15 is 0 Å². The highest BCUT2D eigenvalue weighted by Gasteiger charge is 2.13. The molecule has 3 N–H and O–H groups in total. The Kier molecular flexibility index (Phi) is 9.29. The molecule has 0 aliphatic carbocycles. The van der Waals surface area contributed by atoms with Crippen LogP contribution in [0.2, 0.25) is 0 Å². The summed E-state index contributed by atoms with van der Waals surface area (Å²) in [7, 11) is 2.03. The molecule has 1 aromatic heterocycles. The lowest BCUT2D eigenvalue weighted by Gasteiger charge is -2.12. The molecule has 1 amide bonds. The molecule has 0 saturated heterocycles. The summed E-state index contributed by atoms with van der Waals surface area (Å²) in [6.45, 7) is 0.602. The van der Waals surface area contributed by atoms with Crippen LogP contribution in [-0.2, 0) is 24.7 Å². The molecular formula is C20H26Cl2N4O. The van der Waals surface area contributed by atoms with Crippen molar-refractivity contribution in [3.63, 3.8) is 0 Å². The molecule has 7 heteroatoms. The van der Waals surface area contributed by atoms with Crippen LogP contribution in [0.15, 0.2) is 54.6 Å². The Balaban J connectivity index is 0.00000182. The molecule has 0 aliphatic rings. The Morgan fingerprint density at radius 3 is 2.48 bits per heavy atom. The van der Waals surface area contributed by atoms with Gasteiger partial charge in [-0.1, -0.05) is 42.5 Å². The Labute approximate surface area is 172 Å². The molecule has 0 saturated carbocycles. The number of nitrogens with two attached hydrogens (primary N) is 1. The Bertz CT molecular complexity index is 852. The van der Waals surface area contributed by atoms with Crippen LogP contribution in [0.5, 0.6) is 0 Å². The number of imidazole rings is 1. The van der Waals surface area contributed by atoms with E-state index in [-0.39, 0.29) is 30.7 Å². The van der Waals surface area contributed by atoms with Crippen molar-refractivity contribution in [2.24, 2.45) is 12.8 Å². The zero-order valence-corrected chi connectivity index (χ0v) is 16.9. The average molecular weight is 409 g/mol. The minimum absolute atomic E-state index is 0. The van der Waals surface area contributed by atoms with Crippen molar-refractivity contribution in [1.82, 2.24) is 14.9 Å². The second-order valence-corrected chi connectivity index (χ2v) is 6.27. The van der Waals surface area contributed by atoms with Gasteiger partial charge in [0.25, 0.3) is 0 Å². The summed E-state index contributed by atoms with van der Waals surface area (Å²) in [5.74, 6) is 0.929. The standard InChI is InChI=1S/C20H24N4O.2ClH/c1-24-18-11-6-5-10-17(18)23-19(24)12-7-13-22-20(25)16(21)14-15-8-3-2-4-9-15;;/h2-6,8-11,16H,7,12-14,21H2,1H3,(H,22,25);2*1H. The molecule has 3 rings (SSSR count). The van der Waals surface area contributed by atoms with Crippen molar-refractivity contribution in [3.8, 4) is 0 Å². The normalized spacial score (nSPS) is 11.3. The highest BCUT2D eigenvalue weighted by Crippen LogP contribution is 2.15. The fourth-order valence-corrected chi connectivity index (χ4v) is 2.97. The predicted octanol–water partition coefficient (Wildman–Crippen LogP) is 3.04. The van der Waals surface area contributed by atoms with Crippen LogP contribution in [0.3, 0.4) is 0 Å². The lowest BCUT2D eigenvalue weighted by Crippen LogP contribution is -2.42. The Morgan fingerprint density at radius 1 is 1.11 bits per heavy atom. The number of nitrogens with zero attached hydrogens (tertiary/aromatic N) is 2. The molecule has 0 radical (unpaired) electrons.